The number of hydrogen-bond acceptors (Lipinski definition) is 8. The molecular formula is C21H21N3O5S. The molecule has 2 aromatic carbocycles. The highest BCUT2D eigenvalue weighted by Gasteiger charge is 2.21. The van der Waals surface area contributed by atoms with Gasteiger partial charge in [0.15, 0.2) is 16.5 Å². The van der Waals surface area contributed by atoms with Gasteiger partial charge in [0.1, 0.15) is 11.3 Å². The predicted octanol–water partition coefficient (Wildman–Crippen LogP) is 2.80. The summed E-state index contributed by atoms with van der Waals surface area (Å²) in [5, 5.41) is 3.35. The number of methoxy groups -OCH3 is 1. The smallest absolute Gasteiger partial charge is 0.280 e. The molecular weight excluding hydrogens is 406 g/mol. The fourth-order valence-corrected chi connectivity index (χ4v) is 4.63. The summed E-state index contributed by atoms with van der Waals surface area (Å²) in [4.78, 5) is 19.7. The summed E-state index contributed by atoms with van der Waals surface area (Å²) >= 11 is 1.38. The summed E-state index contributed by atoms with van der Waals surface area (Å²) in [6.45, 7) is 3.60. The molecule has 3 heterocycles. The van der Waals surface area contributed by atoms with Crippen LogP contribution in [0.3, 0.4) is 0 Å². The van der Waals surface area contributed by atoms with E-state index in [0.717, 1.165) is 34.8 Å². The average molecular weight is 427 g/mol. The fraction of sp³-hybridized carbons (Fsp3) is 0.333. The zero-order valence-electron chi connectivity index (χ0n) is 16.5. The Morgan fingerprint density at radius 3 is 2.87 bits per heavy atom. The van der Waals surface area contributed by atoms with E-state index in [4.69, 9.17) is 18.9 Å². The molecule has 2 aliphatic heterocycles. The van der Waals surface area contributed by atoms with Crippen LogP contribution in [-0.4, -0.2) is 51.1 Å². The van der Waals surface area contributed by atoms with E-state index in [2.05, 4.69) is 15.2 Å². The van der Waals surface area contributed by atoms with Crippen LogP contribution in [0.15, 0.2) is 30.3 Å². The predicted molar refractivity (Wildman–Crippen MR) is 113 cm³/mol. The van der Waals surface area contributed by atoms with Gasteiger partial charge in [0.25, 0.3) is 5.91 Å². The number of carbonyl (C=O) groups is 1. The Morgan fingerprint density at radius 1 is 1.20 bits per heavy atom. The van der Waals surface area contributed by atoms with Crippen LogP contribution >= 0.6 is 11.3 Å². The van der Waals surface area contributed by atoms with E-state index >= 15 is 0 Å². The molecule has 0 atom stereocenters. The van der Waals surface area contributed by atoms with E-state index in [0.29, 0.717) is 41.8 Å². The van der Waals surface area contributed by atoms with Gasteiger partial charge < -0.3 is 29.2 Å². The number of benzene rings is 2. The molecule has 2 aliphatic rings. The molecule has 1 saturated heterocycles. The Hall–Kier alpha value is -3.04. The number of carbonyl (C=O) groups excluding carboxylic acids is 1. The van der Waals surface area contributed by atoms with Gasteiger partial charge in [-0.15, -0.1) is 11.3 Å². The molecule has 3 aromatic rings. The molecule has 0 aliphatic carbocycles. The second kappa shape index (κ2) is 8.00. The molecule has 5 rings (SSSR count). The zero-order valence-corrected chi connectivity index (χ0v) is 17.3. The summed E-state index contributed by atoms with van der Waals surface area (Å²) in [6, 6.07) is 9.56. The van der Waals surface area contributed by atoms with Gasteiger partial charge in [0, 0.05) is 19.6 Å². The summed E-state index contributed by atoms with van der Waals surface area (Å²) in [5.41, 5.74) is 2.70. The van der Waals surface area contributed by atoms with E-state index in [-0.39, 0.29) is 12.7 Å². The van der Waals surface area contributed by atoms with Gasteiger partial charge in [-0.3, -0.25) is 4.79 Å². The normalized spacial score (nSPS) is 15.4. The molecule has 1 N–H and O–H groups in total. The van der Waals surface area contributed by atoms with Crippen molar-refractivity contribution in [2.75, 3.05) is 45.1 Å². The van der Waals surface area contributed by atoms with E-state index in [1.807, 2.05) is 30.3 Å². The van der Waals surface area contributed by atoms with Crippen LogP contribution < -0.4 is 24.4 Å². The lowest BCUT2D eigenvalue weighted by molar-refractivity contribution is 0.0950. The molecule has 1 amide bonds. The lowest BCUT2D eigenvalue weighted by Gasteiger charge is -2.29. The maximum Gasteiger partial charge on any atom is 0.280 e. The Bertz CT molecular complexity index is 1090. The van der Waals surface area contributed by atoms with Crippen LogP contribution in [0.2, 0.25) is 0 Å². The first-order valence-corrected chi connectivity index (χ1v) is 10.5. The van der Waals surface area contributed by atoms with Crippen LogP contribution in [0.5, 0.6) is 17.2 Å². The third-order valence-corrected chi connectivity index (χ3v) is 6.22. The van der Waals surface area contributed by atoms with Gasteiger partial charge >= 0.3 is 0 Å². The monoisotopic (exact) mass is 427 g/mol. The number of fused-ring (bicyclic) bond motifs is 2. The summed E-state index contributed by atoms with van der Waals surface area (Å²) in [7, 11) is 1.61. The van der Waals surface area contributed by atoms with Crippen LogP contribution in [0, 0.1) is 0 Å². The van der Waals surface area contributed by atoms with Crippen molar-refractivity contribution in [2.45, 2.75) is 6.54 Å². The quantitative estimate of drug-likeness (QED) is 0.670. The van der Waals surface area contributed by atoms with E-state index < -0.39 is 0 Å². The van der Waals surface area contributed by atoms with Crippen molar-refractivity contribution in [2.24, 2.45) is 0 Å². The minimum atomic E-state index is -0.219. The van der Waals surface area contributed by atoms with Gasteiger partial charge in [-0.1, -0.05) is 6.07 Å². The molecule has 8 nitrogen and oxygen atoms in total. The summed E-state index contributed by atoms with van der Waals surface area (Å²) < 4.78 is 22.6. The molecule has 0 unspecified atom stereocenters. The molecule has 30 heavy (non-hydrogen) atoms. The first kappa shape index (κ1) is 19.0. The third kappa shape index (κ3) is 3.50. The molecule has 0 saturated carbocycles. The second-order valence-electron chi connectivity index (χ2n) is 6.95. The molecule has 1 fully saturated rings. The lowest BCUT2D eigenvalue weighted by Crippen LogP contribution is -2.36. The van der Waals surface area contributed by atoms with Crippen LogP contribution in [-0.2, 0) is 11.3 Å². The van der Waals surface area contributed by atoms with Crippen LogP contribution in [0.4, 0.5) is 5.69 Å². The molecule has 156 valence electrons. The standard InChI is InChI=1S/C21H21N3O5S/c1-26-16-5-3-14(24-6-8-27-9-7-24)19-18(16)23-21(30-19)20(25)22-11-13-2-4-15-17(10-13)29-12-28-15/h2-5,10H,6-9,11-12H2,1H3,(H,22,25). The van der Waals surface area contributed by atoms with Crippen molar-refractivity contribution in [1.29, 1.82) is 0 Å². The molecule has 0 spiro atoms. The molecule has 0 radical (unpaired) electrons. The van der Waals surface area contributed by atoms with E-state index in [9.17, 15) is 4.79 Å². The van der Waals surface area contributed by atoms with Crippen molar-refractivity contribution < 1.29 is 23.7 Å². The third-order valence-electron chi connectivity index (χ3n) is 5.14. The lowest BCUT2D eigenvalue weighted by atomic mass is 10.2. The molecule has 9 heteroatoms. The second-order valence-corrected chi connectivity index (χ2v) is 7.95. The van der Waals surface area contributed by atoms with Gasteiger partial charge in [-0.2, -0.15) is 0 Å². The first-order chi connectivity index (χ1) is 14.7. The number of hydrogen-bond donors (Lipinski definition) is 1. The van der Waals surface area contributed by atoms with Crippen molar-refractivity contribution in [1.82, 2.24) is 10.3 Å². The van der Waals surface area contributed by atoms with E-state index in [1.54, 1.807) is 7.11 Å². The Kier molecular flexibility index (Phi) is 5.06. The van der Waals surface area contributed by atoms with Gasteiger partial charge in [-0.25, -0.2) is 4.98 Å². The minimum absolute atomic E-state index is 0.219. The number of nitrogens with one attached hydrogen (secondary N) is 1. The zero-order chi connectivity index (χ0) is 20.5. The Labute approximate surface area is 177 Å². The Morgan fingerprint density at radius 2 is 2.03 bits per heavy atom. The Balaban J connectivity index is 1.38. The first-order valence-electron chi connectivity index (χ1n) is 9.70. The average Bonchev–Trinajstić information content (AvgIpc) is 3.44. The maximum atomic E-state index is 12.8. The number of morpholine rings is 1. The van der Waals surface area contributed by atoms with E-state index in [1.165, 1.54) is 11.3 Å². The van der Waals surface area contributed by atoms with Gasteiger partial charge in [0.2, 0.25) is 6.79 Å². The highest BCUT2D eigenvalue weighted by Crippen LogP contribution is 2.38. The fourth-order valence-electron chi connectivity index (χ4n) is 3.59. The number of thiazole rings is 1. The van der Waals surface area contributed by atoms with Crippen LogP contribution in [0.25, 0.3) is 10.2 Å². The number of amides is 1. The minimum Gasteiger partial charge on any atom is -0.494 e. The maximum absolute atomic E-state index is 12.8. The van der Waals surface area contributed by atoms with Crippen LogP contribution in [0.1, 0.15) is 15.4 Å². The number of rotatable bonds is 5. The molecule has 1 aromatic heterocycles. The van der Waals surface area contributed by atoms with Crippen molar-refractivity contribution >= 4 is 33.1 Å². The highest BCUT2D eigenvalue weighted by atomic mass is 32.1. The summed E-state index contributed by atoms with van der Waals surface area (Å²) in [5.74, 6) is 1.86. The number of ether oxygens (including phenoxy) is 4. The summed E-state index contributed by atoms with van der Waals surface area (Å²) in [6.07, 6.45) is 0. The number of anilines is 1. The van der Waals surface area contributed by atoms with Crippen molar-refractivity contribution in [3.05, 3.63) is 40.9 Å². The van der Waals surface area contributed by atoms with Gasteiger partial charge in [-0.05, 0) is 29.8 Å². The topological polar surface area (TPSA) is 82.2 Å². The number of nitrogens with zero attached hydrogens (tertiary/aromatic N) is 2. The highest BCUT2D eigenvalue weighted by molar-refractivity contribution is 7.21. The van der Waals surface area contributed by atoms with Gasteiger partial charge in [0.05, 0.1) is 30.7 Å². The number of aromatic nitrogens is 1. The van der Waals surface area contributed by atoms with Crippen molar-refractivity contribution in [3.8, 4) is 17.2 Å². The largest absolute Gasteiger partial charge is 0.494 e. The van der Waals surface area contributed by atoms with Crippen molar-refractivity contribution in [3.63, 3.8) is 0 Å². The SMILES string of the molecule is COc1ccc(N2CCOCC2)c2sc(C(=O)NCc3ccc4c(c3)OCO4)nc12. The molecule has 0 bridgehead atoms.